The van der Waals surface area contributed by atoms with Gasteiger partial charge in [-0.15, -0.1) is 0 Å². The van der Waals surface area contributed by atoms with Gasteiger partial charge in [0.15, 0.2) is 0 Å². The molecule has 84 valence electrons. The highest BCUT2D eigenvalue weighted by Gasteiger charge is 2.48. The monoisotopic (exact) mass is 210 g/mol. The minimum atomic E-state index is -0.0914. The third-order valence-corrected chi connectivity index (χ3v) is 3.96. The van der Waals surface area contributed by atoms with E-state index in [9.17, 15) is 4.79 Å². The summed E-state index contributed by atoms with van der Waals surface area (Å²) in [6.45, 7) is 2.36. The topological polar surface area (TPSA) is 41.6 Å². The van der Waals surface area contributed by atoms with E-state index in [-0.39, 0.29) is 6.09 Å². The van der Waals surface area contributed by atoms with Gasteiger partial charge in [-0.2, -0.15) is 0 Å². The van der Waals surface area contributed by atoms with E-state index in [2.05, 4.69) is 5.32 Å². The number of carbonyl (C=O) groups is 1. The maximum atomic E-state index is 11.8. The summed E-state index contributed by atoms with van der Waals surface area (Å²) in [4.78, 5) is 13.8. The van der Waals surface area contributed by atoms with Crippen LogP contribution >= 0.6 is 0 Å². The van der Waals surface area contributed by atoms with Crippen LogP contribution in [0.3, 0.4) is 0 Å². The zero-order chi connectivity index (χ0) is 10.4. The van der Waals surface area contributed by atoms with Crippen molar-refractivity contribution in [3.63, 3.8) is 0 Å². The molecule has 1 N–H and O–H groups in total. The van der Waals surface area contributed by atoms with Gasteiger partial charge in [0.25, 0.3) is 0 Å². The Morgan fingerprint density at radius 2 is 1.80 bits per heavy atom. The number of rotatable bonds is 1. The van der Waals surface area contributed by atoms with Gasteiger partial charge in [-0.05, 0) is 32.6 Å². The number of nitrogens with zero attached hydrogens (tertiary/aromatic N) is 1. The Kier molecular flexibility index (Phi) is 2.12. The fourth-order valence-corrected chi connectivity index (χ4v) is 3.55. The number of piperidine rings is 4. The lowest BCUT2D eigenvalue weighted by Crippen LogP contribution is -2.68. The van der Waals surface area contributed by atoms with E-state index in [0.29, 0.717) is 30.8 Å². The normalized spacial score (nSPS) is 42.1. The number of hydrogen-bond donors (Lipinski definition) is 1. The van der Waals surface area contributed by atoms with E-state index in [1.54, 1.807) is 0 Å². The zero-order valence-electron chi connectivity index (χ0n) is 9.11. The van der Waals surface area contributed by atoms with Gasteiger partial charge in [-0.3, -0.25) is 0 Å². The van der Waals surface area contributed by atoms with E-state index in [0.717, 1.165) is 25.7 Å². The summed E-state index contributed by atoms with van der Waals surface area (Å²) in [6, 6.07) is 2.18. The summed E-state index contributed by atoms with van der Waals surface area (Å²) in [5.41, 5.74) is 0. The lowest BCUT2D eigenvalue weighted by molar-refractivity contribution is -0.0262. The van der Waals surface area contributed by atoms with Gasteiger partial charge < -0.3 is 15.0 Å². The molecule has 0 aromatic heterocycles. The first kappa shape index (κ1) is 9.46. The highest BCUT2D eigenvalue weighted by molar-refractivity contribution is 5.69. The van der Waals surface area contributed by atoms with Gasteiger partial charge in [0.1, 0.15) is 0 Å². The average molecular weight is 210 g/mol. The third kappa shape index (κ3) is 1.42. The van der Waals surface area contributed by atoms with Crippen LogP contribution in [0.15, 0.2) is 0 Å². The second-order valence-electron chi connectivity index (χ2n) is 4.92. The zero-order valence-corrected chi connectivity index (χ0v) is 9.11. The SMILES string of the molecule is CCOC(=O)N1C2CC3CC1CC(C2)N3. The van der Waals surface area contributed by atoms with Crippen LogP contribution in [0.2, 0.25) is 0 Å². The molecule has 0 aromatic carbocycles. The summed E-state index contributed by atoms with van der Waals surface area (Å²) in [6.07, 6.45) is 4.38. The Hall–Kier alpha value is -0.770. The van der Waals surface area contributed by atoms with Crippen molar-refractivity contribution < 1.29 is 9.53 Å². The molecule has 0 saturated carbocycles. The van der Waals surface area contributed by atoms with Gasteiger partial charge in [0.05, 0.1) is 6.61 Å². The molecule has 0 radical (unpaired) electrons. The Labute approximate surface area is 90.0 Å². The van der Waals surface area contributed by atoms with Gasteiger partial charge >= 0.3 is 6.09 Å². The molecule has 4 aliphatic rings. The number of nitrogens with one attached hydrogen (secondary N) is 1. The van der Waals surface area contributed by atoms with Crippen molar-refractivity contribution in [3.05, 3.63) is 0 Å². The summed E-state index contributed by atoms with van der Waals surface area (Å²) in [5, 5.41) is 3.63. The van der Waals surface area contributed by atoms with Crippen molar-refractivity contribution in [1.82, 2.24) is 10.2 Å². The summed E-state index contributed by atoms with van der Waals surface area (Å²) >= 11 is 0. The van der Waals surface area contributed by atoms with E-state index >= 15 is 0 Å². The Morgan fingerprint density at radius 1 is 1.27 bits per heavy atom. The predicted molar refractivity (Wildman–Crippen MR) is 55.6 cm³/mol. The lowest BCUT2D eigenvalue weighted by atomic mass is 9.75. The van der Waals surface area contributed by atoms with Crippen LogP contribution in [0.4, 0.5) is 4.79 Å². The molecule has 15 heavy (non-hydrogen) atoms. The van der Waals surface area contributed by atoms with E-state index in [1.165, 1.54) is 0 Å². The summed E-state index contributed by atoms with van der Waals surface area (Å²) in [5.74, 6) is 0. The average Bonchev–Trinajstić information content (AvgIpc) is 2.15. The van der Waals surface area contributed by atoms with Crippen LogP contribution in [-0.4, -0.2) is 41.8 Å². The Balaban J connectivity index is 1.77. The molecule has 4 fully saturated rings. The molecule has 0 unspecified atom stereocenters. The van der Waals surface area contributed by atoms with Crippen molar-refractivity contribution in [2.24, 2.45) is 0 Å². The van der Waals surface area contributed by atoms with Crippen molar-refractivity contribution in [2.75, 3.05) is 6.61 Å². The Bertz CT molecular complexity index is 252. The highest BCUT2D eigenvalue weighted by Crippen LogP contribution is 2.39. The van der Waals surface area contributed by atoms with Crippen molar-refractivity contribution in [2.45, 2.75) is 56.8 Å². The van der Waals surface area contributed by atoms with Crippen LogP contribution in [0.1, 0.15) is 32.6 Å². The van der Waals surface area contributed by atoms with Crippen LogP contribution in [0, 0.1) is 0 Å². The van der Waals surface area contributed by atoms with Gasteiger partial charge in [0, 0.05) is 24.2 Å². The molecule has 0 aliphatic carbocycles. The first-order valence-electron chi connectivity index (χ1n) is 5.99. The van der Waals surface area contributed by atoms with Gasteiger partial charge in [-0.1, -0.05) is 0 Å². The fraction of sp³-hybridized carbons (Fsp3) is 0.909. The maximum Gasteiger partial charge on any atom is 0.410 e. The molecular formula is C11H18N2O2. The predicted octanol–water partition coefficient (Wildman–Crippen LogP) is 1.11. The van der Waals surface area contributed by atoms with Gasteiger partial charge in [0.2, 0.25) is 0 Å². The van der Waals surface area contributed by atoms with Crippen molar-refractivity contribution >= 4 is 6.09 Å². The molecule has 0 spiro atoms. The first-order valence-corrected chi connectivity index (χ1v) is 5.99. The smallest absolute Gasteiger partial charge is 0.410 e. The van der Waals surface area contributed by atoms with E-state index < -0.39 is 0 Å². The second kappa shape index (κ2) is 3.37. The van der Waals surface area contributed by atoms with Gasteiger partial charge in [-0.25, -0.2) is 4.79 Å². The minimum Gasteiger partial charge on any atom is -0.450 e. The third-order valence-electron chi connectivity index (χ3n) is 3.96. The molecule has 4 rings (SSSR count). The fourth-order valence-electron chi connectivity index (χ4n) is 3.55. The van der Waals surface area contributed by atoms with Crippen LogP contribution in [0.25, 0.3) is 0 Å². The van der Waals surface area contributed by atoms with Crippen molar-refractivity contribution in [1.29, 1.82) is 0 Å². The quantitative estimate of drug-likeness (QED) is 0.705. The number of ether oxygens (including phenoxy) is 1. The van der Waals surface area contributed by atoms with Crippen LogP contribution in [0.5, 0.6) is 0 Å². The first-order chi connectivity index (χ1) is 7.28. The summed E-state index contributed by atoms with van der Waals surface area (Å²) < 4.78 is 5.13. The van der Waals surface area contributed by atoms with Crippen molar-refractivity contribution in [3.8, 4) is 0 Å². The Morgan fingerprint density at radius 3 is 2.27 bits per heavy atom. The molecule has 4 nitrogen and oxygen atoms in total. The minimum absolute atomic E-state index is 0.0914. The highest BCUT2D eigenvalue weighted by atomic mass is 16.6. The molecular weight excluding hydrogens is 192 g/mol. The number of carbonyl (C=O) groups excluding carboxylic acids is 1. The maximum absolute atomic E-state index is 11.8. The van der Waals surface area contributed by atoms with Crippen LogP contribution in [-0.2, 0) is 4.74 Å². The molecule has 0 aromatic rings. The molecule has 1 amide bonds. The molecule has 4 bridgehead atoms. The molecule has 4 aliphatic heterocycles. The molecule has 4 saturated heterocycles. The van der Waals surface area contributed by atoms with E-state index in [4.69, 9.17) is 4.74 Å². The number of amides is 1. The standard InChI is InChI=1S/C11H18N2O2/c1-2-15-11(14)13-9-3-7-4-10(13)6-8(5-9)12-7/h7-10,12H,2-6H2,1H3. The summed E-state index contributed by atoms with van der Waals surface area (Å²) in [7, 11) is 0. The largest absolute Gasteiger partial charge is 0.450 e. The van der Waals surface area contributed by atoms with Crippen LogP contribution < -0.4 is 5.32 Å². The molecule has 4 heteroatoms. The second-order valence-corrected chi connectivity index (χ2v) is 4.92. The lowest BCUT2D eigenvalue weighted by Gasteiger charge is -2.56. The molecule has 0 atom stereocenters. The number of hydrogen-bond acceptors (Lipinski definition) is 3. The van der Waals surface area contributed by atoms with E-state index in [1.807, 2.05) is 11.8 Å². The molecule has 4 heterocycles.